The van der Waals surface area contributed by atoms with Crippen molar-refractivity contribution in [3.8, 4) is 0 Å². The van der Waals surface area contributed by atoms with Gasteiger partial charge in [0.15, 0.2) is 0 Å². The third kappa shape index (κ3) is 6.77. The smallest absolute Gasteiger partial charge is 0.318 e. The Labute approximate surface area is 248 Å². The van der Waals surface area contributed by atoms with Crippen molar-refractivity contribution in [3.63, 3.8) is 0 Å². The highest BCUT2D eigenvalue weighted by Crippen LogP contribution is 2.35. The summed E-state index contributed by atoms with van der Waals surface area (Å²) in [5.74, 6) is -1.00. The number of carbonyl (C=O) groups is 2. The van der Waals surface area contributed by atoms with Crippen molar-refractivity contribution in [2.45, 2.75) is 24.7 Å². The molecule has 0 radical (unpaired) electrons. The zero-order chi connectivity index (χ0) is 28.8. The quantitative estimate of drug-likeness (QED) is 0.233. The molecule has 0 unspecified atom stereocenters. The molecule has 0 fully saturated rings. The van der Waals surface area contributed by atoms with Crippen LogP contribution in [0.4, 0.5) is 0 Å². The second-order valence-corrected chi connectivity index (χ2v) is 10.9. The van der Waals surface area contributed by atoms with E-state index in [2.05, 4.69) is 5.32 Å². The van der Waals surface area contributed by atoms with Gasteiger partial charge in [0, 0.05) is 27.1 Å². The van der Waals surface area contributed by atoms with E-state index < -0.39 is 16.8 Å². The topological polar surface area (TPSA) is 66.4 Å². The fourth-order valence-corrected chi connectivity index (χ4v) is 4.73. The molecule has 0 aliphatic rings. The van der Waals surface area contributed by atoms with Gasteiger partial charge in [0.2, 0.25) is 5.91 Å². The van der Waals surface area contributed by atoms with Crippen molar-refractivity contribution >= 4 is 58.3 Å². The van der Waals surface area contributed by atoms with Crippen molar-refractivity contribution in [2.75, 3.05) is 7.05 Å². The van der Waals surface area contributed by atoms with Crippen LogP contribution in [0.3, 0.4) is 0 Å². The Morgan fingerprint density at radius 1 is 0.538 bits per heavy atom. The van der Waals surface area contributed by atoms with E-state index in [-0.39, 0.29) is 5.91 Å². The lowest BCUT2D eigenvalue weighted by atomic mass is 9.75. The van der Waals surface area contributed by atoms with Gasteiger partial charge in [-0.25, -0.2) is 0 Å². The second-order valence-electron chi connectivity index (χ2n) is 9.16. The summed E-state index contributed by atoms with van der Waals surface area (Å²) in [6.45, 7) is 3.56. The number of benzene rings is 4. The van der Waals surface area contributed by atoms with Gasteiger partial charge in [-0.2, -0.15) is 0 Å². The number of hydrogen-bond donors (Lipinski definition) is 2. The molecule has 0 atom stereocenters. The molecule has 39 heavy (non-hydrogen) atoms. The molecule has 1 amide bonds. The highest BCUT2D eigenvalue weighted by atomic mass is 35.5. The number of aliphatic carboxylic acids is 1. The number of likely N-dealkylation sites (N-methyl/N-ethyl adjacent to an activating group) is 1. The van der Waals surface area contributed by atoms with Gasteiger partial charge in [0.25, 0.3) is 0 Å². The van der Waals surface area contributed by atoms with Gasteiger partial charge in [-0.05, 0) is 84.6 Å². The van der Waals surface area contributed by atoms with E-state index >= 15 is 0 Å². The van der Waals surface area contributed by atoms with Gasteiger partial charge in [-0.3, -0.25) is 9.59 Å². The predicted octanol–water partition coefficient (Wildman–Crippen LogP) is 8.43. The van der Waals surface area contributed by atoms with Gasteiger partial charge < -0.3 is 10.4 Å². The van der Waals surface area contributed by atoms with Crippen molar-refractivity contribution in [1.29, 1.82) is 0 Å². The summed E-state index contributed by atoms with van der Waals surface area (Å²) in [7, 11) is 1.63. The average Bonchev–Trinajstić information content (AvgIpc) is 2.93. The van der Waals surface area contributed by atoms with Crippen LogP contribution in [-0.4, -0.2) is 24.0 Å². The summed E-state index contributed by atoms with van der Waals surface area (Å²) in [5.41, 5.74) is 1.18. The van der Waals surface area contributed by atoms with Gasteiger partial charge in [0.05, 0.1) is 5.41 Å². The third-order valence-corrected chi connectivity index (χ3v) is 7.80. The summed E-state index contributed by atoms with van der Waals surface area (Å²) in [6, 6.07) is 28.3. The van der Waals surface area contributed by atoms with Crippen LogP contribution in [0.2, 0.25) is 20.1 Å². The molecule has 4 aromatic rings. The van der Waals surface area contributed by atoms with Crippen LogP contribution in [0.5, 0.6) is 0 Å². The Bertz CT molecular complexity index is 1330. The molecule has 0 saturated carbocycles. The maximum atomic E-state index is 12.4. The Kier molecular flexibility index (Phi) is 10.1. The van der Waals surface area contributed by atoms with Gasteiger partial charge in [0.1, 0.15) is 5.41 Å². The molecule has 2 N–H and O–H groups in total. The predicted molar refractivity (Wildman–Crippen MR) is 160 cm³/mol. The Hall–Kier alpha value is -3.02. The molecule has 0 heterocycles. The van der Waals surface area contributed by atoms with Crippen molar-refractivity contribution in [1.82, 2.24) is 5.32 Å². The summed E-state index contributed by atoms with van der Waals surface area (Å²) in [6.07, 6.45) is 0. The highest BCUT2D eigenvalue weighted by Gasteiger charge is 2.37. The van der Waals surface area contributed by atoms with E-state index in [1.807, 2.05) is 31.2 Å². The molecular formula is C31H27Cl4NO3. The number of carbonyl (C=O) groups excluding carboxylic acids is 1. The first-order chi connectivity index (χ1) is 18.4. The molecule has 4 aromatic carbocycles. The van der Waals surface area contributed by atoms with E-state index in [0.717, 1.165) is 11.1 Å². The number of hydrogen-bond acceptors (Lipinski definition) is 2. The first kappa shape index (κ1) is 30.5. The van der Waals surface area contributed by atoms with Crippen LogP contribution in [0.15, 0.2) is 97.1 Å². The molecule has 0 spiro atoms. The molecule has 0 saturated heterocycles. The van der Waals surface area contributed by atoms with Crippen LogP contribution in [0, 0.1) is 0 Å². The number of nitrogens with one attached hydrogen (secondary N) is 1. The molecule has 4 rings (SSSR count). The van der Waals surface area contributed by atoms with Crippen molar-refractivity contribution < 1.29 is 14.7 Å². The van der Waals surface area contributed by atoms with E-state index in [4.69, 9.17) is 46.4 Å². The minimum Gasteiger partial charge on any atom is -0.480 e. The number of rotatable bonds is 6. The normalized spacial score (nSPS) is 11.3. The van der Waals surface area contributed by atoms with Crippen LogP contribution >= 0.6 is 46.4 Å². The van der Waals surface area contributed by atoms with E-state index in [9.17, 15) is 14.7 Å². The molecular weight excluding hydrogens is 576 g/mol. The maximum Gasteiger partial charge on any atom is 0.318 e. The van der Waals surface area contributed by atoms with Crippen LogP contribution in [-0.2, 0) is 20.4 Å². The first-order valence-corrected chi connectivity index (χ1v) is 13.4. The molecule has 202 valence electrons. The van der Waals surface area contributed by atoms with Gasteiger partial charge in [-0.15, -0.1) is 0 Å². The van der Waals surface area contributed by atoms with Crippen LogP contribution in [0.25, 0.3) is 0 Å². The second kappa shape index (κ2) is 12.9. The van der Waals surface area contributed by atoms with E-state index in [1.54, 1.807) is 86.8 Å². The monoisotopic (exact) mass is 601 g/mol. The van der Waals surface area contributed by atoms with Gasteiger partial charge in [-0.1, -0.05) is 94.9 Å². The van der Waals surface area contributed by atoms with Crippen molar-refractivity contribution in [2.24, 2.45) is 0 Å². The summed E-state index contributed by atoms with van der Waals surface area (Å²) >= 11 is 23.5. The number of amides is 1. The van der Waals surface area contributed by atoms with E-state index in [0.29, 0.717) is 31.2 Å². The lowest BCUT2D eigenvalue weighted by Crippen LogP contribution is -2.41. The van der Waals surface area contributed by atoms with Gasteiger partial charge >= 0.3 is 5.97 Å². The zero-order valence-electron chi connectivity index (χ0n) is 21.5. The zero-order valence-corrected chi connectivity index (χ0v) is 24.5. The lowest BCUT2D eigenvalue weighted by Gasteiger charge is -2.29. The minimum absolute atomic E-state index is 0.0813. The minimum atomic E-state index is -1.13. The van der Waals surface area contributed by atoms with Crippen LogP contribution < -0.4 is 5.32 Å². The highest BCUT2D eigenvalue weighted by molar-refractivity contribution is 6.31. The Morgan fingerprint density at radius 3 is 0.974 bits per heavy atom. The Morgan fingerprint density at radius 2 is 0.769 bits per heavy atom. The number of halogens is 4. The fraction of sp³-hybridized carbons (Fsp3) is 0.161. The Balaban J connectivity index is 0.000000216. The largest absolute Gasteiger partial charge is 0.480 e. The molecule has 0 aliphatic carbocycles. The van der Waals surface area contributed by atoms with Crippen LogP contribution in [0.1, 0.15) is 36.1 Å². The molecule has 4 nitrogen and oxygen atoms in total. The number of carboxylic acids is 1. The fourth-order valence-electron chi connectivity index (χ4n) is 4.23. The van der Waals surface area contributed by atoms with E-state index in [1.165, 1.54) is 0 Å². The molecule has 0 aliphatic heterocycles. The lowest BCUT2D eigenvalue weighted by molar-refractivity contribution is -0.141. The maximum absolute atomic E-state index is 12.4. The summed E-state index contributed by atoms with van der Waals surface area (Å²) in [4.78, 5) is 24.2. The molecule has 0 bridgehead atoms. The molecule has 8 heteroatoms. The molecule has 0 aromatic heterocycles. The average molecular weight is 603 g/mol. The number of carboxylic acid groups (broad SMARTS) is 1. The van der Waals surface area contributed by atoms with Crippen molar-refractivity contribution in [3.05, 3.63) is 139 Å². The summed E-state index contributed by atoms with van der Waals surface area (Å²) < 4.78 is 0. The standard InChI is InChI=1S/C16H15Cl2NO.C15H12Cl2O2/c1-16(15(20)19-2,11-3-7-13(17)8-4-11)12-5-9-14(18)10-6-12;1-15(14(18)19,10-2-6-12(16)7-3-10)11-4-8-13(17)9-5-11/h3-10H,1-2H3,(H,19,20);2-9H,1H3,(H,18,19). The first-order valence-electron chi connectivity index (χ1n) is 11.9. The third-order valence-electron chi connectivity index (χ3n) is 6.80. The summed E-state index contributed by atoms with van der Waals surface area (Å²) in [5, 5.41) is 14.8. The SMILES string of the molecule is CC(C(=O)O)(c1ccc(Cl)cc1)c1ccc(Cl)cc1.CNC(=O)C(C)(c1ccc(Cl)cc1)c1ccc(Cl)cc1.